The molecule has 0 spiro atoms. The summed E-state index contributed by atoms with van der Waals surface area (Å²) in [6.07, 6.45) is 3.50. The van der Waals surface area contributed by atoms with Crippen molar-refractivity contribution in [3.8, 4) is 0 Å². The third-order valence-electron chi connectivity index (χ3n) is 4.10. The van der Waals surface area contributed by atoms with Crippen molar-refractivity contribution in [2.75, 3.05) is 13.7 Å². The van der Waals surface area contributed by atoms with E-state index in [1.165, 1.54) is 5.56 Å². The molecule has 1 aliphatic carbocycles. The van der Waals surface area contributed by atoms with Gasteiger partial charge in [-0.05, 0) is 18.4 Å². The van der Waals surface area contributed by atoms with Crippen LogP contribution in [0.15, 0.2) is 30.3 Å². The van der Waals surface area contributed by atoms with Crippen molar-refractivity contribution in [3.63, 3.8) is 0 Å². The molecule has 0 bridgehead atoms. The van der Waals surface area contributed by atoms with Crippen LogP contribution in [0.5, 0.6) is 0 Å². The number of hydrogen-bond acceptors (Lipinski definition) is 3. The quantitative estimate of drug-likeness (QED) is 0.832. The maximum absolute atomic E-state index is 12.1. The van der Waals surface area contributed by atoms with Gasteiger partial charge in [0.1, 0.15) is 0 Å². The molecule has 1 aromatic carbocycles. The Hall–Kier alpha value is -1.39. The fraction of sp³-hybridized carbons (Fsp3) is 0.562. The Morgan fingerprint density at radius 1 is 1.40 bits per heavy atom. The Bertz CT molecular complexity index is 418. The van der Waals surface area contributed by atoms with E-state index < -0.39 is 0 Å². The van der Waals surface area contributed by atoms with E-state index in [0.29, 0.717) is 18.9 Å². The maximum Gasteiger partial charge on any atom is 0.222 e. The van der Waals surface area contributed by atoms with Crippen molar-refractivity contribution in [3.05, 3.63) is 35.9 Å². The summed E-state index contributed by atoms with van der Waals surface area (Å²) in [6.45, 7) is 0.372. The smallest absolute Gasteiger partial charge is 0.222 e. The third kappa shape index (κ3) is 3.81. The number of nitrogens with two attached hydrogens (primary N) is 1. The van der Waals surface area contributed by atoms with Crippen LogP contribution in [0.4, 0.5) is 0 Å². The minimum absolute atomic E-state index is 0.0372. The zero-order valence-electron chi connectivity index (χ0n) is 12.0. The van der Waals surface area contributed by atoms with Crippen molar-refractivity contribution < 1.29 is 9.53 Å². The lowest BCUT2D eigenvalue weighted by atomic mass is 9.94. The van der Waals surface area contributed by atoms with Gasteiger partial charge >= 0.3 is 0 Å². The highest BCUT2D eigenvalue weighted by Crippen LogP contribution is 2.34. The molecule has 2 rings (SSSR count). The number of benzene rings is 1. The lowest BCUT2D eigenvalue weighted by Crippen LogP contribution is -2.39. The number of methoxy groups -OCH3 is 1. The Balaban J connectivity index is 1.93. The SMILES string of the molecule is COC(CN)CC(=O)NC1CCCC1c1ccccc1. The molecule has 3 atom stereocenters. The number of amides is 1. The molecule has 0 radical (unpaired) electrons. The summed E-state index contributed by atoms with van der Waals surface area (Å²) in [7, 11) is 1.59. The number of carbonyl (C=O) groups excluding carboxylic acids is 1. The van der Waals surface area contributed by atoms with Gasteiger partial charge in [0.2, 0.25) is 5.91 Å². The second-order valence-electron chi connectivity index (χ2n) is 5.42. The molecule has 110 valence electrons. The molecule has 4 nitrogen and oxygen atoms in total. The molecule has 3 unspecified atom stereocenters. The first-order valence-electron chi connectivity index (χ1n) is 7.31. The molecule has 1 aromatic rings. The van der Waals surface area contributed by atoms with E-state index >= 15 is 0 Å². The summed E-state index contributed by atoms with van der Waals surface area (Å²) in [5.74, 6) is 0.467. The Morgan fingerprint density at radius 2 is 2.15 bits per heavy atom. The summed E-state index contributed by atoms with van der Waals surface area (Å²) in [5, 5.41) is 3.15. The minimum Gasteiger partial charge on any atom is -0.380 e. The van der Waals surface area contributed by atoms with Gasteiger partial charge < -0.3 is 15.8 Å². The summed E-state index contributed by atoms with van der Waals surface area (Å²) >= 11 is 0. The van der Waals surface area contributed by atoms with Crippen LogP contribution in [0.2, 0.25) is 0 Å². The first-order valence-corrected chi connectivity index (χ1v) is 7.31. The number of ether oxygens (including phenoxy) is 1. The molecule has 1 aliphatic rings. The highest BCUT2D eigenvalue weighted by Gasteiger charge is 2.29. The summed E-state index contributed by atoms with van der Waals surface area (Å²) < 4.78 is 5.16. The number of rotatable bonds is 6. The normalized spacial score (nSPS) is 23.5. The first kappa shape index (κ1) is 15.0. The van der Waals surface area contributed by atoms with Gasteiger partial charge in [0.25, 0.3) is 0 Å². The number of carbonyl (C=O) groups is 1. The van der Waals surface area contributed by atoms with E-state index in [1.54, 1.807) is 7.11 Å². The average Bonchev–Trinajstić information content (AvgIpc) is 2.93. The highest BCUT2D eigenvalue weighted by molar-refractivity contribution is 5.77. The second kappa shape index (κ2) is 7.41. The third-order valence-corrected chi connectivity index (χ3v) is 4.10. The number of nitrogens with one attached hydrogen (secondary N) is 1. The van der Waals surface area contributed by atoms with Crippen molar-refractivity contribution in [1.29, 1.82) is 0 Å². The van der Waals surface area contributed by atoms with Crippen LogP contribution in [0.1, 0.15) is 37.2 Å². The van der Waals surface area contributed by atoms with E-state index in [-0.39, 0.29) is 18.1 Å². The van der Waals surface area contributed by atoms with Crippen molar-refractivity contribution in [2.45, 2.75) is 43.7 Å². The van der Waals surface area contributed by atoms with Gasteiger partial charge in [-0.1, -0.05) is 36.8 Å². The van der Waals surface area contributed by atoms with Gasteiger partial charge in [0.05, 0.1) is 12.5 Å². The van der Waals surface area contributed by atoms with Gasteiger partial charge in [-0.25, -0.2) is 0 Å². The molecule has 0 heterocycles. The molecule has 0 saturated heterocycles. The van der Waals surface area contributed by atoms with Crippen molar-refractivity contribution >= 4 is 5.91 Å². The van der Waals surface area contributed by atoms with Crippen molar-refractivity contribution in [2.24, 2.45) is 5.73 Å². The van der Waals surface area contributed by atoms with E-state index in [1.807, 2.05) is 6.07 Å². The van der Waals surface area contributed by atoms with Crippen LogP contribution in [-0.2, 0) is 9.53 Å². The maximum atomic E-state index is 12.1. The molecular weight excluding hydrogens is 252 g/mol. The predicted octanol–water partition coefficient (Wildman–Crippen LogP) is 1.80. The summed E-state index contributed by atoms with van der Waals surface area (Å²) in [5.41, 5.74) is 6.87. The van der Waals surface area contributed by atoms with Crippen LogP contribution in [0.3, 0.4) is 0 Å². The van der Waals surface area contributed by atoms with Crippen LogP contribution in [0, 0.1) is 0 Å². The van der Waals surface area contributed by atoms with Gasteiger partial charge in [-0.3, -0.25) is 4.79 Å². The molecular formula is C16H24N2O2. The first-order chi connectivity index (χ1) is 9.74. The zero-order chi connectivity index (χ0) is 14.4. The molecule has 20 heavy (non-hydrogen) atoms. The van der Waals surface area contributed by atoms with Gasteiger partial charge in [-0.2, -0.15) is 0 Å². The van der Waals surface area contributed by atoms with Crippen LogP contribution >= 0.6 is 0 Å². The molecule has 0 aromatic heterocycles. The molecule has 1 fully saturated rings. The molecule has 1 amide bonds. The lowest BCUT2D eigenvalue weighted by molar-refractivity contribution is -0.124. The lowest BCUT2D eigenvalue weighted by Gasteiger charge is -2.22. The fourth-order valence-corrected chi connectivity index (χ4v) is 2.97. The summed E-state index contributed by atoms with van der Waals surface area (Å²) in [4.78, 5) is 12.1. The predicted molar refractivity (Wildman–Crippen MR) is 79.4 cm³/mol. The minimum atomic E-state index is -0.188. The van der Waals surface area contributed by atoms with Gasteiger partial charge in [0, 0.05) is 25.6 Å². The van der Waals surface area contributed by atoms with E-state index in [0.717, 1.165) is 19.3 Å². The molecule has 0 aliphatic heterocycles. The van der Waals surface area contributed by atoms with E-state index in [4.69, 9.17) is 10.5 Å². The topological polar surface area (TPSA) is 64.3 Å². The fourth-order valence-electron chi connectivity index (χ4n) is 2.97. The van der Waals surface area contributed by atoms with Gasteiger partial charge in [0.15, 0.2) is 0 Å². The number of hydrogen-bond donors (Lipinski definition) is 2. The monoisotopic (exact) mass is 276 g/mol. The van der Waals surface area contributed by atoms with Gasteiger partial charge in [-0.15, -0.1) is 0 Å². The van der Waals surface area contributed by atoms with E-state index in [9.17, 15) is 4.79 Å². The van der Waals surface area contributed by atoms with Crippen LogP contribution < -0.4 is 11.1 Å². The van der Waals surface area contributed by atoms with Crippen molar-refractivity contribution in [1.82, 2.24) is 5.32 Å². The highest BCUT2D eigenvalue weighted by atomic mass is 16.5. The average molecular weight is 276 g/mol. The molecule has 3 N–H and O–H groups in total. The zero-order valence-corrected chi connectivity index (χ0v) is 12.0. The van der Waals surface area contributed by atoms with E-state index in [2.05, 4.69) is 29.6 Å². The van der Waals surface area contributed by atoms with Crippen LogP contribution in [0.25, 0.3) is 0 Å². The molecule has 1 saturated carbocycles. The largest absolute Gasteiger partial charge is 0.380 e. The summed E-state index contributed by atoms with van der Waals surface area (Å²) in [6, 6.07) is 10.7. The standard InChI is InChI=1S/C16H24N2O2/c1-20-13(11-17)10-16(19)18-15-9-5-8-14(15)12-6-3-2-4-7-12/h2-4,6-7,13-15H,5,8-11,17H2,1H3,(H,18,19). The Labute approximate surface area is 120 Å². The van der Waals surface area contributed by atoms with Crippen LogP contribution in [-0.4, -0.2) is 31.7 Å². The molecule has 4 heteroatoms. The second-order valence-corrected chi connectivity index (χ2v) is 5.42. The Morgan fingerprint density at radius 3 is 2.80 bits per heavy atom. The Kier molecular flexibility index (Phi) is 5.56.